The van der Waals surface area contributed by atoms with Crippen LogP contribution in [-0.4, -0.2) is 19.4 Å². The minimum absolute atomic E-state index is 0.253. The van der Waals surface area contributed by atoms with Gasteiger partial charge in [0.25, 0.3) is 0 Å². The second-order valence-corrected chi connectivity index (χ2v) is 3.85. The lowest BCUT2D eigenvalue weighted by Gasteiger charge is -2.16. The van der Waals surface area contributed by atoms with Crippen LogP contribution >= 0.6 is 8.38 Å². The second kappa shape index (κ2) is 7.49. The first-order valence-electron chi connectivity index (χ1n) is 4.11. The Morgan fingerprint density at radius 1 is 1.58 bits per heavy atom. The molecular weight excluding hydrogens is 173 g/mol. The van der Waals surface area contributed by atoms with E-state index in [0.29, 0.717) is 13.0 Å². The van der Waals surface area contributed by atoms with Crippen molar-refractivity contribution in [1.29, 1.82) is 5.26 Å². The number of rotatable bonds is 6. The van der Waals surface area contributed by atoms with Crippen molar-refractivity contribution in [1.82, 2.24) is 0 Å². The van der Waals surface area contributed by atoms with E-state index in [1.54, 1.807) is 0 Å². The van der Waals surface area contributed by atoms with E-state index in [2.05, 4.69) is 6.92 Å². The zero-order valence-corrected chi connectivity index (χ0v) is 8.80. The molecule has 0 saturated heterocycles. The van der Waals surface area contributed by atoms with Crippen LogP contribution < -0.4 is 0 Å². The van der Waals surface area contributed by atoms with E-state index in [-0.39, 0.29) is 6.10 Å². The van der Waals surface area contributed by atoms with Crippen molar-refractivity contribution in [3.05, 3.63) is 0 Å². The summed E-state index contributed by atoms with van der Waals surface area (Å²) in [5, 5.41) is 8.24. The molecule has 0 heterocycles. The number of hydrogen-bond donors (Lipinski definition) is 0. The van der Waals surface area contributed by atoms with E-state index in [4.69, 9.17) is 14.3 Å². The fourth-order valence-electron chi connectivity index (χ4n) is 0.578. The minimum Gasteiger partial charge on any atom is -0.333 e. The molecule has 0 bridgehead atoms. The predicted octanol–water partition coefficient (Wildman–Crippen LogP) is 2.67. The first-order chi connectivity index (χ1) is 5.70. The van der Waals surface area contributed by atoms with E-state index in [1.807, 2.05) is 19.7 Å². The molecule has 3 nitrogen and oxygen atoms in total. The van der Waals surface area contributed by atoms with Crippen LogP contribution in [0.15, 0.2) is 0 Å². The van der Waals surface area contributed by atoms with Crippen LogP contribution in [0.5, 0.6) is 0 Å². The molecule has 0 rings (SSSR count). The highest BCUT2D eigenvalue weighted by Gasteiger charge is 2.06. The third-order valence-corrected chi connectivity index (χ3v) is 2.59. The lowest BCUT2D eigenvalue weighted by Crippen LogP contribution is -2.03. The molecule has 0 fully saturated rings. The summed E-state index contributed by atoms with van der Waals surface area (Å²) >= 11 is 0. The number of hydrogen-bond acceptors (Lipinski definition) is 3. The first kappa shape index (κ1) is 11.8. The standard InChI is InChI=1S/C8H16NO2P/c1-4-8(2)11-12(3)10-7-5-6-9/h8H,4-5,7H2,1-3H3. The van der Waals surface area contributed by atoms with Gasteiger partial charge in [-0.1, -0.05) is 6.92 Å². The van der Waals surface area contributed by atoms with Crippen molar-refractivity contribution in [3.8, 4) is 6.07 Å². The zero-order chi connectivity index (χ0) is 9.40. The molecule has 2 atom stereocenters. The van der Waals surface area contributed by atoms with Crippen molar-refractivity contribution in [2.45, 2.75) is 32.8 Å². The minimum atomic E-state index is -0.789. The molecule has 0 spiro atoms. The van der Waals surface area contributed by atoms with Gasteiger partial charge in [0.1, 0.15) is 0 Å². The number of nitrogens with zero attached hydrogens (tertiary/aromatic N) is 1. The van der Waals surface area contributed by atoms with Crippen LogP contribution in [0.4, 0.5) is 0 Å². The summed E-state index contributed by atoms with van der Waals surface area (Å²) in [7, 11) is -0.789. The van der Waals surface area contributed by atoms with E-state index in [0.717, 1.165) is 6.42 Å². The molecule has 0 aromatic rings. The van der Waals surface area contributed by atoms with Gasteiger partial charge in [-0.05, 0) is 13.3 Å². The third kappa shape index (κ3) is 6.54. The van der Waals surface area contributed by atoms with E-state index in [9.17, 15) is 0 Å². The molecule has 0 saturated carbocycles. The summed E-state index contributed by atoms with van der Waals surface area (Å²) < 4.78 is 10.8. The Morgan fingerprint density at radius 2 is 2.25 bits per heavy atom. The average molecular weight is 189 g/mol. The van der Waals surface area contributed by atoms with E-state index >= 15 is 0 Å². The molecule has 0 amide bonds. The lowest BCUT2D eigenvalue weighted by atomic mass is 10.3. The molecule has 2 unspecified atom stereocenters. The molecule has 0 N–H and O–H groups in total. The Balaban J connectivity index is 3.33. The highest BCUT2D eigenvalue weighted by Crippen LogP contribution is 2.35. The van der Waals surface area contributed by atoms with Gasteiger partial charge in [0.15, 0.2) is 8.38 Å². The van der Waals surface area contributed by atoms with Crippen molar-refractivity contribution in [2.75, 3.05) is 13.3 Å². The summed E-state index contributed by atoms with van der Waals surface area (Å²) in [6.45, 7) is 6.49. The normalized spacial score (nSPS) is 15.2. The molecule has 70 valence electrons. The van der Waals surface area contributed by atoms with E-state index < -0.39 is 8.38 Å². The quantitative estimate of drug-likeness (QED) is 0.476. The van der Waals surface area contributed by atoms with Gasteiger partial charge in [-0.2, -0.15) is 5.26 Å². The Labute approximate surface area is 75.6 Å². The maximum Gasteiger partial charge on any atom is 0.167 e. The highest BCUT2D eigenvalue weighted by atomic mass is 31.2. The Bertz CT molecular complexity index is 146. The molecule has 0 aliphatic carbocycles. The summed E-state index contributed by atoms with van der Waals surface area (Å²) in [6, 6.07) is 2.02. The SMILES string of the molecule is CCC(C)OP(C)OCCC#N. The topological polar surface area (TPSA) is 42.2 Å². The van der Waals surface area contributed by atoms with Crippen molar-refractivity contribution < 1.29 is 9.05 Å². The molecule has 0 aliphatic heterocycles. The molecule has 0 aliphatic rings. The zero-order valence-electron chi connectivity index (χ0n) is 7.91. The van der Waals surface area contributed by atoms with Gasteiger partial charge in [-0.3, -0.25) is 0 Å². The molecule has 12 heavy (non-hydrogen) atoms. The van der Waals surface area contributed by atoms with Crippen LogP contribution in [0.2, 0.25) is 0 Å². The van der Waals surface area contributed by atoms with E-state index in [1.165, 1.54) is 0 Å². The maximum absolute atomic E-state index is 8.24. The molecule has 4 heteroatoms. The Kier molecular flexibility index (Phi) is 7.39. The number of nitriles is 1. The Morgan fingerprint density at radius 3 is 2.75 bits per heavy atom. The smallest absolute Gasteiger partial charge is 0.167 e. The van der Waals surface area contributed by atoms with Gasteiger partial charge < -0.3 is 9.05 Å². The van der Waals surface area contributed by atoms with Crippen molar-refractivity contribution in [3.63, 3.8) is 0 Å². The molecular formula is C8H16NO2P. The first-order valence-corrected chi connectivity index (χ1v) is 5.73. The molecule has 0 radical (unpaired) electrons. The largest absolute Gasteiger partial charge is 0.333 e. The van der Waals surface area contributed by atoms with Crippen LogP contribution in [0.1, 0.15) is 26.7 Å². The summed E-state index contributed by atoms with van der Waals surface area (Å²) in [6.07, 6.45) is 1.69. The summed E-state index contributed by atoms with van der Waals surface area (Å²) in [5.74, 6) is 0. The second-order valence-electron chi connectivity index (χ2n) is 2.51. The maximum atomic E-state index is 8.24. The van der Waals surface area contributed by atoms with Gasteiger partial charge in [0.05, 0.1) is 25.2 Å². The Hall–Kier alpha value is -0.160. The monoisotopic (exact) mass is 189 g/mol. The summed E-state index contributed by atoms with van der Waals surface area (Å²) in [5.41, 5.74) is 0. The van der Waals surface area contributed by atoms with Gasteiger partial charge in [0, 0.05) is 6.66 Å². The predicted molar refractivity (Wildman–Crippen MR) is 49.9 cm³/mol. The molecule has 0 aromatic carbocycles. The van der Waals surface area contributed by atoms with Crippen molar-refractivity contribution >= 4 is 8.38 Å². The fourth-order valence-corrected chi connectivity index (χ4v) is 1.64. The van der Waals surface area contributed by atoms with Crippen LogP contribution in [0.3, 0.4) is 0 Å². The summed E-state index contributed by atoms with van der Waals surface area (Å²) in [4.78, 5) is 0. The van der Waals surface area contributed by atoms with Crippen LogP contribution in [0, 0.1) is 11.3 Å². The van der Waals surface area contributed by atoms with Crippen LogP contribution in [0.25, 0.3) is 0 Å². The fraction of sp³-hybridized carbons (Fsp3) is 0.875. The third-order valence-electron chi connectivity index (χ3n) is 1.39. The molecule has 0 aromatic heterocycles. The lowest BCUT2D eigenvalue weighted by molar-refractivity contribution is 0.194. The average Bonchev–Trinajstić information content (AvgIpc) is 2.05. The van der Waals surface area contributed by atoms with Crippen LogP contribution in [-0.2, 0) is 9.05 Å². The van der Waals surface area contributed by atoms with Gasteiger partial charge in [-0.15, -0.1) is 0 Å². The van der Waals surface area contributed by atoms with Gasteiger partial charge >= 0.3 is 0 Å². The van der Waals surface area contributed by atoms with Crippen molar-refractivity contribution in [2.24, 2.45) is 0 Å². The van der Waals surface area contributed by atoms with Gasteiger partial charge in [0.2, 0.25) is 0 Å². The van der Waals surface area contributed by atoms with Gasteiger partial charge in [-0.25, -0.2) is 0 Å². The highest BCUT2D eigenvalue weighted by molar-refractivity contribution is 7.46.